The van der Waals surface area contributed by atoms with Crippen LogP contribution in [0.25, 0.3) is 16.3 Å². The number of amides is 1. The van der Waals surface area contributed by atoms with Crippen molar-refractivity contribution in [3.05, 3.63) is 90.5 Å². The summed E-state index contributed by atoms with van der Waals surface area (Å²) in [6, 6.07) is 21.5. The van der Waals surface area contributed by atoms with Gasteiger partial charge in [0.15, 0.2) is 0 Å². The fraction of sp³-hybridized carbons (Fsp3) is 0.0909. The molecule has 3 rings (SSSR count). The Morgan fingerprint density at radius 2 is 1.58 bits per heavy atom. The molecular formula is C22H19NO3. The van der Waals surface area contributed by atoms with E-state index in [-0.39, 0.29) is 12.0 Å². The Kier molecular flexibility index (Phi) is 5.13. The van der Waals surface area contributed by atoms with Gasteiger partial charge in [-0.15, -0.1) is 0 Å². The van der Waals surface area contributed by atoms with Crippen LogP contribution in [0.5, 0.6) is 0 Å². The van der Waals surface area contributed by atoms with E-state index in [0.29, 0.717) is 5.56 Å². The second kappa shape index (κ2) is 7.66. The number of benzene rings is 3. The van der Waals surface area contributed by atoms with E-state index in [4.69, 9.17) is 0 Å². The molecule has 1 amide bonds. The highest BCUT2D eigenvalue weighted by atomic mass is 16.4. The largest absolute Gasteiger partial charge is 0.480 e. The minimum Gasteiger partial charge on any atom is -0.480 e. The number of carbonyl (C=O) groups is 2. The number of carboxylic acid groups (broad SMARTS) is 1. The van der Waals surface area contributed by atoms with E-state index in [1.807, 2.05) is 72.8 Å². The van der Waals surface area contributed by atoms with Gasteiger partial charge in [0, 0.05) is 12.0 Å². The van der Waals surface area contributed by atoms with Crippen molar-refractivity contribution in [2.45, 2.75) is 12.5 Å². The van der Waals surface area contributed by atoms with E-state index in [1.54, 1.807) is 0 Å². The SMILES string of the molecule is C=C(C(=O)N[C@@H](Cc1ccccc1)C(=O)O)c1cccc2ccccc12. The summed E-state index contributed by atoms with van der Waals surface area (Å²) in [5.41, 5.74) is 1.79. The second-order valence-electron chi connectivity index (χ2n) is 6.06. The maximum Gasteiger partial charge on any atom is 0.326 e. The molecule has 0 heterocycles. The van der Waals surface area contributed by atoms with E-state index < -0.39 is 17.9 Å². The van der Waals surface area contributed by atoms with Crippen LogP contribution in [0.15, 0.2) is 79.4 Å². The molecule has 0 unspecified atom stereocenters. The lowest BCUT2D eigenvalue weighted by Crippen LogP contribution is -2.42. The normalized spacial score (nSPS) is 11.7. The number of nitrogens with one attached hydrogen (secondary N) is 1. The number of hydrogen-bond acceptors (Lipinski definition) is 2. The van der Waals surface area contributed by atoms with Crippen LogP contribution in [0.1, 0.15) is 11.1 Å². The molecule has 0 aliphatic rings. The molecule has 0 radical (unpaired) electrons. The van der Waals surface area contributed by atoms with E-state index >= 15 is 0 Å². The molecule has 0 fully saturated rings. The van der Waals surface area contributed by atoms with Gasteiger partial charge in [-0.05, 0) is 21.9 Å². The van der Waals surface area contributed by atoms with Crippen LogP contribution in [0, 0.1) is 0 Å². The number of aliphatic carboxylic acids is 1. The fourth-order valence-corrected chi connectivity index (χ4v) is 2.91. The number of fused-ring (bicyclic) bond motifs is 1. The van der Waals surface area contributed by atoms with Gasteiger partial charge in [-0.1, -0.05) is 79.4 Å². The minimum atomic E-state index is -1.08. The van der Waals surface area contributed by atoms with Crippen molar-refractivity contribution < 1.29 is 14.7 Å². The number of carboxylic acids is 1. The first-order valence-corrected chi connectivity index (χ1v) is 8.31. The predicted octanol–water partition coefficient (Wildman–Crippen LogP) is 3.67. The Balaban J connectivity index is 1.81. The highest BCUT2D eigenvalue weighted by molar-refractivity contribution is 6.22. The zero-order valence-electron chi connectivity index (χ0n) is 14.2. The first-order valence-electron chi connectivity index (χ1n) is 8.31. The van der Waals surface area contributed by atoms with Crippen molar-refractivity contribution in [2.24, 2.45) is 0 Å². The maximum absolute atomic E-state index is 12.6. The van der Waals surface area contributed by atoms with Crippen LogP contribution < -0.4 is 5.32 Å². The lowest BCUT2D eigenvalue weighted by atomic mass is 9.98. The minimum absolute atomic E-state index is 0.213. The molecule has 0 saturated carbocycles. The summed E-state index contributed by atoms with van der Waals surface area (Å²) in [7, 11) is 0. The number of hydrogen-bond donors (Lipinski definition) is 2. The summed E-state index contributed by atoms with van der Waals surface area (Å²) in [5.74, 6) is -1.56. The van der Waals surface area contributed by atoms with Crippen LogP contribution in [0.4, 0.5) is 0 Å². The first-order chi connectivity index (χ1) is 12.6. The third-order valence-electron chi connectivity index (χ3n) is 4.27. The topological polar surface area (TPSA) is 66.4 Å². The molecule has 0 spiro atoms. The summed E-state index contributed by atoms with van der Waals surface area (Å²) in [6.45, 7) is 3.89. The van der Waals surface area contributed by atoms with Crippen LogP contribution in [0.3, 0.4) is 0 Å². The zero-order chi connectivity index (χ0) is 18.5. The van der Waals surface area contributed by atoms with Crippen LogP contribution in [-0.2, 0) is 16.0 Å². The molecule has 130 valence electrons. The Hall–Kier alpha value is -3.40. The van der Waals surface area contributed by atoms with Crippen molar-refractivity contribution in [3.63, 3.8) is 0 Å². The smallest absolute Gasteiger partial charge is 0.326 e. The van der Waals surface area contributed by atoms with Crippen molar-refractivity contribution >= 4 is 28.2 Å². The molecule has 0 bridgehead atoms. The van der Waals surface area contributed by atoms with Gasteiger partial charge in [0.1, 0.15) is 6.04 Å². The van der Waals surface area contributed by atoms with Gasteiger partial charge in [0.05, 0.1) is 0 Å². The summed E-state index contributed by atoms with van der Waals surface area (Å²) < 4.78 is 0. The molecule has 26 heavy (non-hydrogen) atoms. The molecular weight excluding hydrogens is 326 g/mol. The lowest BCUT2D eigenvalue weighted by molar-refractivity contribution is -0.141. The summed E-state index contributed by atoms with van der Waals surface area (Å²) in [6.07, 6.45) is 0.213. The Morgan fingerprint density at radius 3 is 2.31 bits per heavy atom. The summed E-state index contributed by atoms with van der Waals surface area (Å²) >= 11 is 0. The van der Waals surface area contributed by atoms with E-state index in [2.05, 4.69) is 11.9 Å². The average molecular weight is 345 g/mol. The van der Waals surface area contributed by atoms with E-state index in [1.165, 1.54) is 0 Å². The van der Waals surface area contributed by atoms with Gasteiger partial charge in [-0.3, -0.25) is 4.79 Å². The van der Waals surface area contributed by atoms with Crippen LogP contribution in [-0.4, -0.2) is 23.0 Å². The standard InChI is InChI=1S/C22H19NO3/c1-15(18-13-7-11-17-10-5-6-12-19(17)18)21(24)23-20(22(25)26)14-16-8-3-2-4-9-16/h2-13,20H,1,14H2,(H,23,24)(H,25,26)/t20-/m0/s1. The van der Waals surface area contributed by atoms with Crippen molar-refractivity contribution in [2.75, 3.05) is 0 Å². The molecule has 1 atom stereocenters. The molecule has 0 saturated heterocycles. The molecule has 3 aromatic rings. The molecule has 0 aromatic heterocycles. The van der Waals surface area contributed by atoms with Crippen molar-refractivity contribution in [1.29, 1.82) is 0 Å². The Morgan fingerprint density at radius 1 is 0.923 bits per heavy atom. The number of carbonyl (C=O) groups excluding carboxylic acids is 1. The second-order valence-corrected chi connectivity index (χ2v) is 6.06. The van der Waals surface area contributed by atoms with Crippen molar-refractivity contribution in [1.82, 2.24) is 5.32 Å². The fourth-order valence-electron chi connectivity index (χ4n) is 2.91. The molecule has 4 nitrogen and oxygen atoms in total. The van der Waals surface area contributed by atoms with Gasteiger partial charge < -0.3 is 10.4 Å². The lowest BCUT2D eigenvalue weighted by Gasteiger charge is -2.16. The quantitative estimate of drug-likeness (QED) is 0.670. The Labute approximate surface area is 151 Å². The Bertz CT molecular complexity index is 958. The van der Waals surface area contributed by atoms with Crippen LogP contribution >= 0.6 is 0 Å². The molecule has 3 aromatic carbocycles. The van der Waals surface area contributed by atoms with Gasteiger partial charge >= 0.3 is 5.97 Å². The zero-order valence-corrected chi connectivity index (χ0v) is 14.2. The monoisotopic (exact) mass is 345 g/mol. The molecule has 4 heteroatoms. The molecule has 0 aliphatic heterocycles. The van der Waals surface area contributed by atoms with E-state index in [9.17, 15) is 14.7 Å². The van der Waals surface area contributed by atoms with E-state index in [0.717, 1.165) is 16.3 Å². The molecule has 0 aliphatic carbocycles. The van der Waals surface area contributed by atoms with Gasteiger partial charge in [0.2, 0.25) is 0 Å². The first kappa shape index (κ1) is 17.4. The van der Waals surface area contributed by atoms with Crippen LogP contribution in [0.2, 0.25) is 0 Å². The predicted molar refractivity (Wildman–Crippen MR) is 103 cm³/mol. The summed E-state index contributed by atoms with van der Waals surface area (Å²) in [5, 5.41) is 14.0. The average Bonchev–Trinajstić information content (AvgIpc) is 2.67. The third kappa shape index (κ3) is 3.81. The summed E-state index contributed by atoms with van der Waals surface area (Å²) in [4.78, 5) is 24.2. The third-order valence-corrected chi connectivity index (χ3v) is 4.27. The maximum atomic E-state index is 12.6. The van der Waals surface area contributed by atoms with Gasteiger partial charge in [-0.2, -0.15) is 0 Å². The molecule has 2 N–H and O–H groups in total. The highest BCUT2D eigenvalue weighted by Crippen LogP contribution is 2.24. The number of rotatable bonds is 6. The highest BCUT2D eigenvalue weighted by Gasteiger charge is 2.22. The van der Waals surface area contributed by atoms with Crippen molar-refractivity contribution in [3.8, 4) is 0 Å². The van der Waals surface area contributed by atoms with Gasteiger partial charge in [0.25, 0.3) is 5.91 Å². The van der Waals surface area contributed by atoms with Gasteiger partial charge in [-0.25, -0.2) is 4.79 Å².